The van der Waals surface area contributed by atoms with Gasteiger partial charge >= 0.3 is 12.1 Å². The van der Waals surface area contributed by atoms with Crippen molar-refractivity contribution in [1.82, 2.24) is 4.31 Å². The smallest absolute Gasteiger partial charge is 0.416 e. The average Bonchev–Trinajstić information content (AvgIpc) is 2.90. The molecule has 2 N–H and O–H groups in total. The van der Waals surface area contributed by atoms with E-state index in [2.05, 4.69) is 0 Å². The van der Waals surface area contributed by atoms with Gasteiger partial charge in [0.2, 0.25) is 15.9 Å². The molecule has 1 amide bonds. The van der Waals surface area contributed by atoms with E-state index in [1.165, 1.54) is 30.3 Å². The summed E-state index contributed by atoms with van der Waals surface area (Å²) < 4.78 is 71.3. The number of hydrogen-bond acceptors (Lipinski definition) is 5. The first-order chi connectivity index (χ1) is 18.4. The highest BCUT2D eigenvalue weighted by Gasteiger charge is 2.38. The number of ether oxygens (including phenoxy) is 1. The zero-order chi connectivity index (χ0) is 28.4. The molecular weight excluding hydrogens is 533 g/mol. The molecule has 3 aromatic rings. The number of carbonyl (C=O) groups excluding carboxylic acids is 2. The van der Waals surface area contributed by atoms with E-state index in [0.29, 0.717) is 35.1 Å². The maximum Gasteiger partial charge on any atom is 0.416 e. The van der Waals surface area contributed by atoms with E-state index in [0.717, 1.165) is 16.4 Å². The zero-order valence-electron chi connectivity index (χ0n) is 21.1. The van der Waals surface area contributed by atoms with Crippen LogP contribution < -0.4 is 10.5 Å². The molecule has 1 atom stereocenters. The van der Waals surface area contributed by atoms with Crippen LogP contribution in [-0.4, -0.2) is 36.9 Å². The lowest BCUT2D eigenvalue weighted by atomic mass is 9.93. The molecule has 0 saturated carbocycles. The lowest BCUT2D eigenvalue weighted by Gasteiger charge is -2.34. The maximum absolute atomic E-state index is 13.1. The molecule has 1 unspecified atom stereocenters. The number of sulfonamides is 1. The molecule has 1 heterocycles. The van der Waals surface area contributed by atoms with Gasteiger partial charge in [0.25, 0.3) is 0 Å². The normalized spacial score (nSPS) is 15.9. The van der Waals surface area contributed by atoms with Crippen molar-refractivity contribution >= 4 is 21.9 Å². The van der Waals surface area contributed by atoms with Crippen LogP contribution in [0.4, 0.5) is 13.2 Å². The predicted molar refractivity (Wildman–Crippen MR) is 139 cm³/mol. The Labute approximate surface area is 224 Å². The number of fused-ring (bicyclic) bond motifs is 1. The molecular formula is C28H27F3N2O5S. The summed E-state index contributed by atoms with van der Waals surface area (Å²) in [4.78, 5) is 25.4. The standard InChI is InChI=1S/C28H27F3N2O5S/c1-2-3-16-39(36,37)33-15-14-19-17-21(12-13-23(19)25(33)26(32)34)38-27(35)24-7-5-4-6-22(24)18-8-10-20(11-9-18)28(29,30)31/h4-13,17,25H,2-3,14-16H2,1H3,(H2,32,34). The number of carbonyl (C=O) groups is 2. The van der Waals surface area contributed by atoms with Crippen molar-refractivity contribution < 1.29 is 35.9 Å². The van der Waals surface area contributed by atoms with Crippen molar-refractivity contribution in [3.8, 4) is 16.9 Å². The van der Waals surface area contributed by atoms with E-state index in [1.807, 2.05) is 6.92 Å². The Hall–Kier alpha value is -3.70. The second-order valence-electron chi connectivity index (χ2n) is 9.21. The monoisotopic (exact) mass is 560 g/mol. The number of hydrogen-bond donors (Lipinski definition) is 1. The first-order valence-electron chi connectivity index (χ1n) is 12.3. The third-order valence-corrected chi connectivity index (χ3v) is 8.47. The third-order valence-electron chi connectivity index (χ3n) is 6.56. The molecule has 0 spiro atoms. The lowest BCUT2D eigenvalue weighted by Crippen LogP contribution is -2.46. The molecule has 0 bridgehead atoms. The average molecular weight is 561 g/mol. The van der Waals surface area contributed by atoms with Gasteiger partial charge in [-0.3, -0.25) is 4.79 Å². The van der Waals surface area contributed by atoms with Gasteiger partial charge in [-0.05, 0) is 65.4 Å². The highest BCUT2D eigenvalue weighted by atomic mass is 32.2. The fourth-order valence-corrected chi connectivity index (χ4v) is 6.39. The Balaban J connectivity index is 1.59. The molecule has 11 heteroatoms. The number of alkyl halides is 3. The van der Waals surface area contributed by atoms with E-state index in [9.17, 15) is 31.2 Å². The van der Waals surface area contributed by atoms with Crippen LogP contribution in [0.1, 0.15) is 52.9 Å². The van der Waals surface area contributed by atoms with Gasteiger partial charge in [0.05, 0.1) is 16.9 Å². The van der Waals surface area contributed by atoms with Gasteiger partial charge in [0.15, 0.2) is 0 Å². The number of nitrogens with zero attached hydrogens (tertiary/aromatic N) is 1. The van der Waals surface area contributed by atoms with E-state index >= 15 is 0 Å². The second-order valence-corrected chi connectivity index (χ2v) is 11.2. The van der Waals surface area contributed by atoms with Gasteiger partial charge in [-0.25, -0.2) is 13.2 Å². The molecule has 1 aliphatic rings. The minimum Gasteiger partial charge on any atom is -0.423 e. The van der Waals surface area contributed by atoms with Crippen LogP contribution in [0.15, 0.2) is 66.7 Å². The molecule has 39 heavy (non-hydrogen) atoms. The third kappa shape index (κ3) is 6.15. The summed E-state index contributed by atoms with van der Waals surface area (Å²) in [5.41, 5.74) is 6.82. The van der Waals surface area contributed by atoms with Crippen LogP contribution in [0.5, 0.6) is 5.75 Å². The number of benzene rings is 3. The number of amides is 1. The summed E-state index contributed by atoms with van der Waals surface area (Å²) >= 11 is 0. The van der Waals surface area contributed by atoms with Gasteiger partial charge in [-0.1, -0.05) is 49.7 Å². The zero-order valence-corrected chi connectivity index (χ0v) is 21.9. The quantitative estimate of drug-likeness (QED) is 0.305. The minimum absolute atomic E-state index is 0.0564. The summed E-state index contributed by atoms with van der Waals surface area (Å²) in [6.45, 7) is 1.93. The topological polar surface area (TPSA) is 107 Å². The number of unbranched alkanes of at least 4 members (excludes halogenated alkanes) is 1. The lowest BCUT2D eigenvalue weighted by molar-refractivity contribution is -0.137. The Kier molecular flexibility index (Phi) is 8.12. The van der Waals surface area contributed by atoms with E-state index in [1.54, 1.807) is 24.3 Å². The molecule has 0 aliphatic carbocycles. The summed E-state index contributed by atoms with van der Waals surface area (Å²) in [6, 6.07) is 14.2. The van der Waals surface area contributed by atoms with E-state index in [-0.39, 0.29) is 30.0 Å². The highest BCUT2D eigenvalue weighted by molar-refractivity contribution is 7.89. The summed E-state index contributed by atoms with van der Waals surface area (Å²) in [5, 5.41) is 0. The van der Waals surface area contributed by atoms with Crippen LogP contribution in [0.2, 0.25) is 0 Å². The molecule has 0 radical (unpaired) electrons. The van der Waals surface area contributed by atoms with Crippen molar-refractivity contribution in [3.05, 3.63) is 89.0 Å². The van der Waals surface area contributed by atoms with E-state index in [4.69, 9.17) is 10.5 Å². The fourth-order valence-electron chi connectivity index (χ4n) is 4.60. The molecule has 7 nitrogen and oxygen atoms in total. The largest absolute Gasteiger partial charge is 0.423 e. The first kappa shape index (κ1) is 28.3. The maximum atomic E-state index is 13.1. The summed E-state index contributed by atoms with van der Waals surface area (Å²) in [5.74, 6) is -1.44. The Morgan fingerprint density at radius 1 is 1.05 bits per heavy atom. The van der Waals surface area contributed by atoms with Crippen molar-refractivity contribution in [1.29, 1.82) is 0 Å². The number of halogens is 3. The summed E-state index contributed by atoms with van der Waals surface area (Å²) in [7, 11) is -3.70. The molecule has 0 aromatic heterocycles. The molecule has 206 valence electrons. The summed E-state index contributed by atoms with van der Waals surface area (Å²) in [6.07, 6.45) is -3.05. The van der Waals surface area contributed by atoms with Crippen LogP contribution in [0.25, 0.3) is 11.1 Å². The van der Waals surface area contributed by atoms with Crippen LogP contribution >= 0.6 is 0 Å². The first-order valence-corrected chi connectivity index (χ1v) is 13.9. The molecule has 0 saturated heterocycles. The van der Waals surface area contributed by atoms with Gasteiger partial charge in [0.1, 0.15) is 11.8 Å². The molecule has 4 rings (SSSR count). The van der Waals surface area contributed by atoms with Crippen molar-refractivity contribution in [2.24, 2.45) is 5.73 Å². The van der Waals surface area contributed by atoms with Crippen LogP contribution in [0.3, 0.4) is 0 Å². The molecule has 0 fully saturated rings. The van der Waals surface area contributed by atoms with Crippen LogP contribution in [0, 0.1) is 0 Å². The van der Waals surface area contributed by atoms with Crippen molar-refractivity contribution in [2.75, 3.05) is 12.3 Å². The van der Waals surface area contributed by atoms with Gasteiger partial charge < -0.3 is 10.5 Å². The Morgan fingerprint density at radius 2 is 1.74 bits per heavy atom. The Bertz CT molecular complexity index is 1490. The number of rotatable bonds is 8. The van der Waals surface area contributed by atoms with Crippen molar-refractivity contribution in [3.63, 3.8) is 0 Å². The van der Waals surface area contributed by atoms with Gasteiger partial charge in [-0.2, -0.15) is 17.5 Å². The number of nitrogens with two attached hydrogens (primary N) is 1. The Morgan fingerprint density at radius 3 is 2.38 bits per heavy atom. The SMILES string of the molecule is CCCCS(=O)(=O)N1CCc2cc(OC(=O)c3ccccc3-c3ccc(C(F)(F)F)cc3)ccc2C1C(N)=O. The van der Waals surface area contributed by atoms with Crippen LogP contribution in [-0.2, 0) is 27.4 Å². The molecule has 1 aliphatic heterocycles. The number of esters is 1. The van der Waals surface area contributed by atoms with Gasteiger partial charge in [0, 0.05) is 6.54 Å². The van der Waals surface area contributed by atoms with Crippen molar-refractivity contribution in [2.45, 2.75) is 38.4 Å². The van der Waals surface area contributed by atoms with E-state index < -0.39 is 39.7 Å². The molecule has 3 aromatic carbocycles. The number of primary amides is 1. The predicted octanol–water partition coefficient (Wildman–Crippen LogP) is 5.11. The minimum atomic E-state index is -4.48. The van der Waals surface area contributed by atoms with Gasteiger partial charge in [-0.15, -0.1) is 0 Å². The second kappa shape index (κ2) is 11.2. The highest BCUT2D eigenvalue weighted by Crippen LogP contribution is 2.35. The fraction of sp³-hybridized carbons (Fsp3) is 0.286.